The van der Waals surface area contributed by atoms with Crippen LogP contribution in [0.15, 0.2) is 54.6 Å². The molecule has 1 saturated carbocycles. The summed E-state index contributed by atoms with van der Waals surface area (Å²) in [6.45, 7) is 1.79. The van der Waals surface area contributed by atoms with E-state index in [9.17, 15) is 14.4 Å². The molecule has 0 atom stereocenters. The van der Waals surface area contributed by atoms with Crippen LogP contribution in [0, 0.1) is 5.92 Å². The van der Waals surface area contributed by atoms with Gasteiger partial charge in [-0.3, -0.25) is 19.3 Å². The van der Waals surface area contributed by atoms with Gasteiger partial charge in [0.1, 0.15) is 0 Å². The van der Waals surface area contributed by atoms with Crippen LogP contribution in [0.2, 0.25) is 0 Å². The lowest BCUT2D eigenvalue weighted by Crippen LogP contribution is -2.48. The molecule has 0 unspecified atom stereocenters. The average Bonchev–Trinajstić information content (AvgIpc) is 2.86. The number of hydrogen-bond acceptors (Lipinski definition) is 4. The predicted molar refractivity (Wildman–Crippen MR) is 134 cm³/mol. The minimum absolute atomic E-state index is 0.148. The molecular weight excluding hydrogens is 428 g/mol. The third-order valence-electron chi connectivity index (χ3n) is 6.75. The quantitative estimate of drug-likeness (QED) is 0.579. The number of nitrogens with one attached hydrogen (secondary N) is 3. The van der Waals surface area contributed by atoms with E-state index in [-0.39, 0.29) is 36.2 Å². The van der Waals surface area contributed by atoms with E-state index in [0.717, 1.165) is 51.6 Å². The number of rotatable bonds is 7. The third-order valence-corrected chi connectivity index (χ3v) is 6.75. The van der Waals surface area contributed by atoms with Crippen molar-refractivity contribution in [3.05, 3.63) is 60.2 Å². The molecule has 0 aromatic heterocycles. The van der Waals surface area contributed by atoms with Gasteiger partial charge in [0.25, 0.3) is 5.91 Å². The first kappa shape index (κ1) is 24.0. The molecule has 34 heavy (non-hydrogen) atoms. The Labute approximate surface area is 201 Å². The molecule has 1 aliphatic heterocycles. The fraction of sp³-hybridized carbons (Fsp3) is 0.444. The Balaban J connectivity index is 1.24. The summed E-state index contributed by atoms with van der Waals surface area (Å²) in [5.74, 6) is -0.0285. The Morgan fingerprint density at radius 2 is 1.47 bits per heavy atom. The van der Waals surface area contributed by atoms with Crippen molar-refractivity contribution in [2.75, 3.05) is 30.3 Å². The van der Waals surface area contributed by atoms with Gasteiger partial charge >= 0.3 is 0 Å². The van der Waals surface area contributed by atoms with Crippen LogP contribution < -0.4 is 16.0 Å². The van der Waals surface area contributed by atoms with E-state index in [2.05, 4.69) is 20.9 Å². The summed E-state index contributed by atoms with van der Waals surface area (Å²) in [5, 5.41) is 8.99. The van der Waals surface area contributed by atoms with Gasteiger partial charge in [-0.1, -0.05) is 49.6 Å². The average molecular weight is 463 g/mol. The molecular formula is C27H34N4O3. The molecule has 0 radical (unpaired) electrons. The van der Waals surface area contributed by atoms with Crippen LogP contribution in [-0.4, -0.2) is 48.3 Å². The van der Waals surface area contributed by atoms with Gasteiger partial charge in [0.2, 0.25) is 11.8 Å². The number of hydrogen-bond donors (Lipinski definition) is 3. The van der Waals surface area contributed by atoms with Gasteiger partial charge in [-0.05, 0) is 49.9 Å². The lowest BCUT2D eigenvalue weighted by atomic mass is 9.88. The molecule has 0 bridgehead atoms. The molecule has 2 aliphatic rings. The van der Waals surface area contributed by atoms with E-state index < -0.39 is 0 Å². The Morgan fingerprint density at radius 1 is 0.794 bits per heavy atom. The lowest BCUT2D eigenvalue weighted by molar-refractivity contribution is -0.127. The van der Waals surface area contributed by atoms with Crippen LogP contribution in [0.3, 0.4) is 0 Å². The zero-order valence-corrected chi connectivity index (χ0v) is 19.6. The molecule has 3 N–H and O–H groups in total. The number of benzene rings is 2. The summed E-state index contributed by atoms with van der Waals surface area (Å²) in [4.78, 5) is 40.1. The van der Waals surface area contributed by atoms with Crippen molar-refractivity contribution in [2.24, 2.45) is 5.92 Å². The van der Waals surface area contributed by atoms with Gasteiger partial charge < -0.3 is 16.0 Å². The number of carbonyl (C=O) groups excluding carboxylic acids is 3. The molecule has 2 aromatic carbocycles. The second-order valence-electron chi connectivity index (χ2n) is 9.31. The summed E-state index contributed by atoms with van der Waals surface area (Å²) < 4.78 is 0. The van der Waals surface area contributed by atoms with Crippen LogP contribution in [0.1, 0.15) is 55.3 Å². The minimum Gasteiger partial charge on any atom is -0.353 e. The highest BCUT2D eigenvalue weighted by Crippen LogP contribution is 2.24. The molecule has 7 heteroatoms. The number of piperidine rings is 1. The SMILES string of the molecule is O=C(CN1CCC(NC(=O)C2CCCCC2)CC1)Nc1ccccc1C(=O)Nc1ccccc1. The summed E-state index contributed by atoms with van der Waals surface area (Å²) in [6, 6.07) is 16.5. The standard InChI is InChI=1S/C27H34N4O3/c32-25(19-31-17-15-22(16-18-31)28-26(33)20-9-3-1-4-10-20)30-24-14-8-7-13-23(24)27(34)29-21-11-5-2-6-12-21/h2,5-8,11-14,20,22H,1,3-4,9-10,15-19H2,(H,28,33)(H,29,34)(H,30,32). The molecule has 7 nitrogen and oxygen atoms in total. The van der Waals surface area contributed by atoms with E-state index in [0.29, 0.717) is 16.9 Å². The van der Waals surface area contributed by atoms with Crippen molar-refractivity contribution < 1.29 is 14.4 Å². The fourth-order valence-electron chi connectivity index (χ4n) is 4.82. The van der Waals surface area contributed by atoms with Crippen molar-refractivity contribution in [2.45, 2.75) is 51.0 Å². The summed E-state index contributed by atoms with van der Waals surface area (Å²) in [6.07, 6.45) is 7.27. The Bertz CT molecular complexity index is 980. The number of likely N-dealkylation sites (tertiary alicyclic amines) is 1. The van der Waals surface area contributed by atoms with Gasteiger partial charge in [-0.2, -0.15) is 0 Å². The smallest absolute Gasteiger partial charge is 0.257 e. The first-order valence-corrected chi connectivity index (χ1v) is 12.4. The number of anilines is 2. The van der Waals surface area contributed by atoms with Gasteiger partial charge in [0.15, 0.2) is 0 Å². The second-order valence-corrected chi connectivity index (χ2v) is 9.31. The van der Waals surface area contributed by atoms with E-state index in [4.69, 9.17) is 0 Å². The van der Waals surface area contributed by atoms with Crippen LogP contribution in [-0.2, 0) is 9.59 Å². The molecule has 4 rings (SSSR count). The van der Waals surface area contributed by atoms with Crippen LogP contribution >= 0.6 is 0 Å². The topological polar surface area (TPSA) is 90.5 Å². The molecule has 1 saturated heterocycles. The van der Waals surface area contributed by atoms with Gasteiger partial charge in [-0.15, -0.1) is 0 Å². The highest BCUT2D eigenvalue weighted by atomic mass is 16.2. The lowest BCUT2D eigenvalue weighted by Gasteiger charge is -2.33. The zero-order valence-electron chi connectivity index (χ0n) is 19.6. The molecule has 1 aliphatic carbocycles. The zero-order chi connectivity index (χ0) is 23.8. The first-order chi connectivity index (χ1) is 16.6. The Morgan fingerprint density at radius 3 is 2.21 bits per heavy atom. The summed E-state index contributed by atoms with van der Waals surface area (Å²) in [7, 11) is 0. The monoisotopic (exact) mass is 462 g/mol. The summed E-state index contributed by atoms with van der Waals surface area (Å²) in [5.41, 5.74) is 1.62. The van der Waals surface area contributed by atoms with Gasteiger partial charge in [0, 0.05) is 30.7 Å². The van der Waals surface area contributed by atoms with Crippen LogP contribution in [0.5, 0.6) is 0 Å². The highest BCUT2D eigenvalue weighted by Gasteiger charge is 2.26. The number of para-hydroxylation sites is 2. The predicted octanol–water partition coefficient (Wildman–Crippen LogP) is 4.04. The second kappa shape index (κ2) is 11.8. The third kappa shape index (κ3) is 6.67. The van der Waals surface area contributed by atoms with E-state index in [1.54, 1.807) is 24.3 Å². The van der Waals surface area contributed by atoms with E-state index in [1.807, 2.05) is 30.3 Å². The first-order valence-electron chi connectivity index (χ1n) is 12.4. The Hall–Kier alpha value is -3.19. The number of amides is 3. The largest absolute Gasteiger partial charge is 0.353 e. The maximum Gasteiger partial charge on any atom is 0.257 e. The number of carbonyl (C=O) groups is 3. The highest BCUT2D eigenvalue weighted by molar-refractivity contribution is 6.10. The fourth-order valence-corrected chi connectivity index (χ4v) is 4.82. The molecule has 0 spiro atoms. The van der Waals surface area contributed by atoms with Crippen molar-refractivity contribution in [3.8, 4) is 0 Å². The van der Waals surface area contributed by atoms with Crippen molar-refractivity contribution in [3.63, 3.8) is 0 Å². The van der Waals surface area contributed by atoms with Crippen LogP contribution in [0.25, 0.3) is 0 Å². The molecule has 2 aromatic rings. The van der Waals surface area contributed by atoms with Gasteiger partial charge in [0.05, 0.1) is 17.8 Å². The molecule has 3 amide bonds. The minimum atomic E-state index is -0.267. The summed E-state index contributed by atoms with van der Waals surface area (Å²) >= 11 is 0. The maximum absolute atomic E-state index is 12.7. The molecule has 1 heterocycles. The maximum atomic E-state index is 12.7. The van der Waals surface area contributed by atoms with E-state index in [1.165, 1.54) is 6.42 Å². The van der Waals surface area contributed by atoms with Crippen molar-refractivity contribution in [1.29, 1.82) is 0 Å². The van der Waals surface area contributed by atoms with Crippen molar-refractivity contribution in [1.82, 2.24) is 10.2 Å². The van der Waals surface area contributed by atoms with E-state index >= 15 is 0 Å². The molecule has 2 fully saturated rings. The normalized spacial score (nSPS) is 17.6. The van der Waals surface area contributed by atoms with Crippen molar-refractivity contribution >= 4 is 29.1 Å². The Kier molecular flexibility index (Phi) is 8.31. The van der Waals surface area contributed by atoms with Crippen LogP contribution in [0.4, 0.5) is 11.4 Å². The number of nitrogens with zero attached hydrogens (tertiary/aromatic N) is 1. The molecule has 180 valence electrons. The van der Waals surface area contributed by atoms with Gasteiger partial charge in [-0.25, -0.2) is 0 Å².